The van der Waals surface area contributed by atoms with Crippen LogP contribution in [-0.2, 0) is 12.2 Å². The summed E-state index contributed by atoms with van der Waals surface area (Å²) in [6.07, 6.45) is 1.11. The van der Waals surface area contributed by atoms with Crippen LogP contribution < -0.4 is 0 Å². The van der Waals surface area contributed by atoms with Gasteiger partial charge < -0.3 is 0 Å². The van der Waals surface area contributed by atoms with E-state index in [4.69, 9.17) is 0 Å². The molecule has 0 spiro atoms. The molecule has 0 aliphatic carbocycles. The number of hydrogen-bond donors (Lipinski definition) is 0. The molecule has 3 aromatic rings. The van der Waals surface area contributed by atoms with Crippen molar-refractivity contribution in [2.45, 2.75) is 65.5 Å². The lowest BCUT2D eigenvalue weighted by Gasteiger charge is -2.06. The Morgan fingerprint density at radius 3 is 1.46 bits per heavy atom. The Bertz CT molecular complexity index is 778. The van der Waals surface area contributed by atoms with Crippen molar-refractivity contribution < 1.29 is 0 Å². The van der Waals surface area contributed by atoms with E-state index in [-0.39, 0.29) is 0 Å². The van der Waals surface area contributed by atoms with Crippen LogP contribution in [0.5, 0.6) is 0 Å². The van der Waals surface area contributed by atoms with Gasteiger partial charge >= 0.3 is 0 Å². The molecule has 0 bridgehead atoms. The smallest absolute Gasteiger partial charge is 0.0232 e. The largest absolute Gasteiger partial charge is 0.121 e. The molecule has 150 valence electrons. The maximum atomic E-state index is 2.33. The van der Waals surface area contributed by atoms with Crippen LogP contribution in [0.2, 0.25) is 0 Å². The molecule has 0 fully saturated rings. The molecule has 0 nitrogen and oxygen atoms in total. The fourth-order valence-corrected chi connectivity index (χ4v) is 3.50. The Kier molecular flexibility index (Phi) is 11.4. The molecular weight excluding hydrogens is 356 g/mol. The molecule has 28 heavy (non-hydrogen) atoms. The molecule has 0 atom stereocenters. The lowest BCUT2D eigenvalue weighted by atomic mass is 10.1. The van der Waals surface area contributed by atoms with E-state index in [2.05, 4.69) is 101 Å². The molecule has 0 unspecified atom stereocenters. The van der Waals surface area contributed by atoms with Crippen LogP contribution in [0, 0.1) is 27.7 Å². The summed E-state index contributed by atoms with van der Waals surface area (Å²) in [6, 6.07) is 24.1. The first-order chi connectivity index (χ1) is 13.5. The van der Waals surface area contributed by atoms with Crippen molar-refractivity contribution in [2.75, 3.05) is 0 Å². The van der Waals surface area contributed by atoms with E-state index in [1.807, 2.05) is 25.6 Å². The van der Waals surface area contributed by atoms with Gasteiger partial charge in [-0.3, -0.25) is 0 Å². The first kappa shape index (κ1) is 24.0. The predicted octanol–water partition coefficient (Wildman–Crippen LogP) is 8.49. The molecule has 0 saturated carbocycles. The van der Waals surface area contributed by atoms with Gasteiger partial charge in [-0.15, -0.1) is 11.8 Å². The number of aryl methyl sites for hydroxylation is 5. The van der Waals surface area contributed by atoms with Crippen molar-refractivity contribution >= 4 is 11.8 Å². The number of rotatable bonds is 4. The van der Waals surface area contributed by atoms with E-state index in [0.717, 1.165) is 12.2 Å². The van der Waals surface area contributed by atoms with Crippen molar-refractivity contribution in [1.82, 2.24) is 0 Å². The van der Waals surface area contributed by atoms with Crippen molar-refractivity contribution in [3.05, 3.63) is 100 Å². The van der Waals surface area contributed by atoms with Crippen LogP contribution in [0.1, 0.15) is 54.2 Å². The molecule has 0 heterocycles. The third-order valence-corrected chi connectivity index (χ3v) is 5.33. The molecule has 0 aromatic heterocycles. The highest BCUT2D eigenvalue weighted by Gasteiger charge is 1.99. The zero-order valence-corrected chi connectivity index (χ0v) is 19.5. The van der Waals surface area contributed by atoms with Gasteiger partial charge in [0.05, 0.1) is 0 Å². The summed E-state index contributed by atoms with van der Waals surface area (Å²) in [6.45, 7) is 14.7. The van der Waals surface area contributed by atoms with Crippen molar-refractivity contribution in [1.29, 1.82) is 0 Å². The molecule has 0 saturated heterocycles. The van der Waals surface area contributed by atoms with Gasteiger partial charge in [0.2, 0.25) is 0 Å². The quantitative estimate of drug-likeness (QED) is 0.401. The average Bonchev–Trinajstić information content (AvgIpc) is 2.71. The van der Waals surface area contributed by atoms with Gasteiger partial charge in [0, 0.05) is 10.6 Å². The molecule has 0 aliphatic heterocycles. The molecular formula is C27H36S. The molecule has 0 aliphatic rings. The maximum absolute atomic E-state index is 2.33. The SMILES string of the molecule is CC.CCc1cc(C)cc(CSc2ccc(C)cc2)c1.Cc1ccc(C)cc1. The van der Waals surface area contributed by atoms with E-state index in [1.165, 1.54) is 38.3 Å². The van der Waals surface area contributed by atoms with E-state index in [0.29, 0.717) is 0 Å². The van der Waals surface area contributed by atoms with Crippen molar-refractivity contribution in [3.8, 4) is 0 Å². The van der Waals surface area contributed by atoms with Gasteiger partial charge in [-0.2, -0.15) is 0 Å². The van der Waals surface area contributed by atoms with E-state index in [1.54, 1.807) is 0 Å². The molecule has 0 N–H and O–H groups in total. The zero-order valence-electron chi connectivity index (χ0n) is 18.7. The molecule has 1 heteroatoms. The fraction of sp³-hybridized carbons (Fsp3) is 0.333. The van der Waals surface area contributed by atoms with Crippen LogP contribution in [0.25, 0.3) is 0 Å². The topological polar surface area (TPSA) is 0 Å². The Morgan fingerprint density at radius 2 is 1.00 bits per heavy atom. The van der Waals surface area contributed by atoms with Crippen LogP contribution in [0.15, 0.2) is 71.6 Å². The lowest BCUT2D eigenvalue weighted by Crippen LogP contribution is -1.88. The first-order valence-corrected chi connectivity index (χ1v) is 11.3. The summed E-state index contributed by atoms with van der Waals surface area (Å²) in [7, 11) is 0. The third-order valence-electron chi connectivity index (χ3n) is 4.25. The minimum absolute atomic E-state index is 1.05. The van der Waals surface area contributed by atoms with E-state index in [9.17, 15) is 0 Å². The van der Waals surface area contributed by atoms with Crippen molar-refractivity contribution in [2.24, 2.45) is 0 Å². The Hall–Kier alpha value is -1.99. The molecule has 3 rings (SSSR count). The normalized spacial score (nSPS) is 9.68. The second kappa shape index (κ2) is 13.2. The fourth-order valence-electron chi connectivity index (χ4n) is 2.67. The minimum Gasteiger partial charge on any atom is -0.121 e. The third kappa shape index (κ3) is 9.28. The van der Waals surface area contributed by atoms with Gasteiger partial charge in [0.15, 0.2) is 0 Å². The maximum Gasteiger partial charge on any atom is 0.0232 e. The number of thioether (sulfide) groups is 1. The summed E-state index contributed by atoms with van der Waals surface area (Å²) in [4.78, 5) is 1.35. The predicted molar refractivity (Wildman–Crippen MR) is 129 cm³/mol. The number of benzene rings is 3. The molecule has 0 amide bonds. The Balaban J connectivity index is 0.000000327. The van der Waals surface area contributed by atoms with Gasteiger partial charge in [-0.25, -0.2) is 0 Å². The highest BCUT2D eigenvalue weighted by atomic mass is 32.2. The summed E-state index contributed by atoms with van der Waals surface area (Å²) < 4.78 is 0. The number of hydrogen-bond acceptors (Lipinski definition) is 1. The van der Waals surface area contributed by atoms with Gasteiger partial charge in [-0.05, 0) is 57.4 Å². The Morgan fingerprint density at radius 1 is 0.571 bits per heavy atom. The first-order valence-electron chi connectivity index (χ1n) is 10.3. The minimum atomic E-state index is 1.05. The molecule has 0 radical (unpaired) electrons. The summed E-state index contributed by atoms with van der Waals surface area (Å²) in [5, 5.41) is 0. The van der Waals surface area contributed by atoms with Crippen LogP contribution >= 0.6 is 11.8 Å². The van der Waals surface area contributed by atoms with Crippen LogP contribution in [-0.4, -0.2) is 0 Å². The second-order valence-electron chi connectivity index (χ2n) is 6.94. The summed E-state index contributed by atoms with van der Waals surface area (Å²) >= 11 is 1.91. The summed E-state index contributed by atoms with van der Waals surface area (Å²) in [5.41, 5.74) is 8.22. The van der Waals surface area contributed by atoms with E-state index >= 15 is 0 Å². The highest BCUT2D eigenvalue weighted by Crippen LogP contribution is 2.24. The zero-order chi connectivity index (χ0) is 20.9. The van der Waals surface area contributed by atoms with Crippen molar-refractivity contribution in [3.63, 3.8) is 0 Å². The molecule has 3 aromatic carbocycles. The van der Waals surface area contributed by atoms with Gasteiger partial charge in [-0.1, -0.05) is 97.6 Å². The van der Waals surface area contributed by atoms with Gasteiger partial charge in [0.1, 0.15) is 0 Å². The van der Waals surface area contributed by atoms with Crippen LogP contribution in [0.4, 0.5) is 0 Å². The van der Waals surface area contributed by atoms with Gasteiger partial charge in [0.25, 0.3) is 0 Å². The second-order valence-corrected chi connectivity index (χ2v) is 7.99. The summed E-state index contributed by atoms with van der Waals surface area (Å²) in [5.74, 6) is 1.05. The highest BCUT2D eigenvalue weighted by molar-refractivity contribution is 7.98. The monoisotopic (exact) mass is 392 g/mol. The van der Waals surface area contributed by atoms with Crippen LogP contribution in [0.3, 0.4) is 0 Å². The van der Waals surface area contributed by atoms with E-state index < -0.39 is 0 Å². The lowest BCUT2D eigenvalue weighted by molar-refractivity contribution is 1.12. The Labute approximate surface area is 177 Å². The average molecular weight is 393 g/mol. The standard InChI is InChI=1S/C17H20S.C8H10.C2H6/c1-4-15-9-14(3)10-16(11-15)12-18-17-7-5-13(2)6-8-17;1-7-3-5-8(2)6-4-7;1-2/h5-11H,4,12H2,1-3H3;3-6H,1-2H3;1-2H3.